The maximum Gasteiger partial charge on any atom is 0.241 e. The van der Waals surface area contributed by atoms with Gasteiger partial charge in [0.15, 0.2) is 0 Å². The van der Waals surface area contributed by atoms with Gasteiger partial charge in [0, 0.05) is 13.2 Å². The topological polar surface area (TPSA) is 41.6 Å². The number of hydrogen-bond donors (Lipinski definition) is 1. The lowest BCUT2D eigenvalue weighted by Gasteiger charge is -2.30. The minimum Gasteiger partial charge on any atom is -0.381 e. The first-order valence-corrected chi connectivity index (χ1v) is 8.32. The Morgan fingerprint density at radius 2 is 2.35 bits per heavy atom. The molecule has 2 heterocycles. The van der Waals surface area contributed by atoms with E-state index in [1.54, 1.807) is 18.4 Å². The summed E-state index contributed by atoms with van der Waals surface area (Å²) in [4.78, 5) is 14.7. The van der Waals surface area contributed by atoms with Crippen molar-refractivity contribution >= 4 is 17.2 Å². The van der Waals surface area contributed by atoms with Gasteiger partial charge in [-0.2, -0.15) is 11.3 Å². The van der Waals surface area contributed by atoms with Crippen LogP contribution in [0.1, 0.15) is 44.3 Å². The van der Waals surface area contributed by atoms with Crippen molar-refractivity contribution in [3.8, 4) is 0 Å². The van der Waals surface area contributed by atoms with Gasteiger partial charge in [-0.05, 0) is 48.1 Å². The zero-order chi connectivity index (χ0) is 14.1. The summed E-state index contributed by atoms with van der Waals surface area (Å²) in [5, 5.41) is 7.71. The first-order chi connectivity index (χ1) is 9.74. The maximum atomic E-state index is 12.7. The number of thiophene rings is 1. The third-order valence-corrected chi connectivity index (χ3v) is 5.24. The molecule has 2 aliphatic rings. The number of carbonyl (C=O) groups is 1. The fraction of sp³-hybridized carbons (Fsp3) is 0.667. The molecule has 0 spiro atoms. The van der Waals surface area contributed by atoms with E-state index < -0.39 is 0 Å². The third-order valence-electron chi connectivity index (χ3n) is 4.54. The van der Waals surface area contributed by atoms with Gasteiger partial charge in [0.25, 0.3) is 0 Å². The molecule has 1 aromatic rings. The Morgan fingerprint density at radius 3 is 2.95 bits per heavy atom. The van der Waals surface area contributed by atoms with Crippen LogP contribution in [-0.4, -0.2) is 36.1 Å². The SMILES string of the molecule is CCC1NC(c2ccsc2)N(C2CCC(OC)C2)C1=O. The van der Waals surface area contributed by atoms with Gasteiger partial charge in [0.2, 0.25) is 5.91 Å². The lowest BCUT2D eigenvalue weighted by atomic mass is 10.1. The number of methoxy groups -OCH3 is 1. The Balaban J connectivity index is 1.83. The van der Waals surface area contributed by atoms with E-state index >= 15 is 0 Å². The molecule has 1 saturated heterocycles. The molecule has 5 heteroatoms. The van der Waals surface area contributed by atoms with Gasteiger partial charge in [0.05, 0.1) is 12.1 Å². The van der Waals surface area contributed by atoms with Gasteiger partial charge in [-0.15, -0.1) is 0 Å². The number of hydrogen-bond acceptors (Lipinski definition) is 4. The Labute approximate surface area is 124 Å². The van der Waals surface area contributed by atoms with Crippen LogP contribution in [0.4, 0.5) is 0 Å². The van der Waals surface area contributed by atoms with Gasteiger partial charge in [-0.25, -0.2) is 0 Å². The number of nitrogens with zero attached hydrogens (tertiary/aromatic N) is 1. The van der Waals surface area contributed by atoms with Crippen molar-refractivity contribution < 1.29 is 9.53 Å². The summed E-state index contributed by atoms with van der Waals surface area (Å²) < 4.78 is 5.46. The Bertz CT molecular complexity index is 462. The molecule has 0 radical (unpaired) electrons. The van der Waals surface area contributed by atoms with Crippen LogP contribution in [0.2, 0.25) is 0 Å². The summed E-state index contributed by atoms with van der Waals surface area (Å²) in [6, 6.07) is 2.38. The van der Waals surface area contributed by atoms with Gasteiger partial charge in [-0.3, -0.25) is 10.1 Å². The zero-order valence-electron chi connectivity index (χ0n) is 12.0. The summed E-state index contributed by atoms with van der Waals surface area (Å²) in [6.07, 6.45) is 4.24. The van der Waals surface area contributed by atoms with Crippen molar-refractivity contribution in [2.45, 2.75) is 57.0 Å². The fourth-order valence-electron chi connectivity index (χ4n) is 3.40. The highest BCUT2D eigenvalue weighted by Crippen LogP contribution is 2.36. The standard InChI is InChI=1S/C15H22N2O2S/c1-3-13-15(18)17(11-4-5-12(8-11)19-2)14(16-13)10-6-7-20-9-10/h6-7,9,11-14,16H,3-5,8H2,1-2H3. The average Bonchev–Trinajstić information content (AvgIpc) is 3.17. The van der Waals surface area contributed by atoms with E-state index in [1.165, 1.54) is 5.56 Å². The second kappa shape index (κ2) is 5.84. The van der Waals surface area contributed by atoms with Crippen LogP contribution in [0.5, 0.6) is 0 Å². The third kappa shape index (κ3) is 2.38. The summed E-state index contributed by atoms with van der Waals surface area (Å²) in [7, 11) is 1.77. The molecule has 110 valence electrons. The molecular weight excluding hydrogens is 272 g/mol. The molecule has 1 amide bonds. The second-order valence-corrected chi connectivity index (χ2v) is 6.44. The fourth-order valence-corrected chi connectivity index (χ4v) is 4.08. The van der Waals surface area contributed by atoms with Crippen LogP contribution in [-0.2, 0) is 9.53 Å². The van der Waals surface area contributed by atoms with Crippen LogP contribution in [0.15, 0.2) is 16.8 Å². The molecule has 0 aromatic carbocycles. The maximum absolute atomic E-state index is 12.7. The van der Waals surface area contributed by atoms with Crippen molar-refractivity contribution in [3.63, 3.8) is 0 Å². The van der Waals surface area contributed by atoms with Gasteiger partial charge in [-0.1, -0.05) is 6.92 Å². The van der Waals surface area contributed by atoms with Crippen LogP contribution < -0.4 is 5.32 Å². The number of carbonyl (C=O) groups excluding carboxylic acids is 1. The number of amides is 1. The predicted molar refractivity (Wildman–Crippen MR) is 79.6 cm³/mol. The van der Waals surface area contributed by atoms with Gasteiger partial charge in [0.1, 0.15) is 6.17 Å². The van der Waals surface area contributed by atoms with Crippen LogP contribution >= 0.6 is 11.3 Å². The van der Waals surface area contributed by atoms with E-state index in [2.05, 4.69) is 34.0 Å². The Kier molecular flexibility index (Phi) is 4.10. The number of rotatable bonds is 4. The molecule has 2 fully saturated rings. The largest absolute Gasteiger partial charge is 0.381 e. The number of ether oxygens (including phenoxy) is 1. The smallest absolute Gasteiger partial charge is 0.241 e. The van der Waals surface area contributed by atoms with E-state index in [0.717, 1.165) is 25.7 Å². The van der Waals surface area contributed by atoms with Gasteiger partial charge < -0.3 is 9.64 Å². The average molecular weight is 294 g/mol. The molecule has 1 aliphatic carbocycles. The molecule has 1 saturated carbocycles. The Morgan fingerprint density at radius 1 is 1.50 bits per heavy atom. The van der Waals surface area contributed by atoms with Crippen molar-refractivity contribution in [2.24, 2.45) is 0 Å². The van der Waals surface area contributed by atoms with Crippen molar-refractivity contribution in [1.29, 1.82) is 0 Å². The van der Waals surface area contributed by atoms with E-state index in [0.29, 0.717) is 12.1 Å². The van der Waals surface area contributed by atoms with E-state index in [-0.39, 0.29) is 18.1 Å². The number of nitrogens with one attached hydrogen (secondary N) is 1. The molecule has 1 aromatic heterocycles. The van der Waals surface area contributed by atoms with E-state index in [4.69, 9.17) is 4.74 Å². The lowest BCUT2D eigenvalue weighted by molar-refractivity contribution is -0.132. The normalized spacial score (nSPS) is 34.1. The van der Waals surface area contributed by atoms with E-state index in [9.17, 15) is 4.79 Å². The Hall–Kier alpha value is -0.910. The van der Waals surface area contributed by atoms with Gasteiger partial charge >= 0.3 is 0 Å². The lowest BCUT2D eigenvalue weighted by Crippen LogP contribution is -2.39. The highest BCUT2D eigenvalue weighted by Gasteiger charge is 2.44. The van der Waals surface area contributed by atoms with E-state index in [1.807, 2.05) is 0 Å². The van der Waals surface area contributed by atoms with Crippen molar-refractivity contribution in [2.75, 3.05) is 7.11 Å². The van der Waals surface area contributed by atoms with Crippen LogP contribution in [0, 0.1) is 0 Å². The summed E-state index contributed by atoms with van der Waals surface area (Å²) in [6.45, 7) is 2.07. The quantitative estimate of drug-likeness (QED) is 0.928. The summed E-state index contributed by atoms with van der Waals surface area (Å²) in [5.74, 6) is 0.255. The van der Waals surface area contributed by atoms with Crippen LogP contribution in [0.25, 0.3) is 0 Å². The second-order valence-electron chi connectivity index (χ2n) is 5.66. The molecule has 1 N–H and O–H groups in total. The zero-order valence-corrected chi connectivity index (χ0v) is 12.9. The minimum atomic E-state index is -0.0403. The summed E-state index contributed by atoms with van der Waals surface area (Å²) in [5.41, 5.74) is 1.21. The molecule has 3 rings (SSSR count). The predicted octanol–water partition coefficient (Wildman–Crippen LogP) is 2.52. The molecule has 4 unspecified atom stereocenters. The molecular formula is C15H22N2O2S. The minimum absolute atomic E-state index is 0.0403. The first-order valence-electron chi connectivity index (χ1n) is 7.37. The van der Waals surface area contributed by atoms with Crippen molar-refractivity contribution in [3.05, 3.63) is 22.4 Å². The summed E-state index contributed by atoms with van der Waals surface area (Å²) >= 11 is 1.68. The van der Waals surface area contributed by atoms with Crippen molar-refractivity contribution in [1.82, 2.24) is 10.2 Å². The molecule has 1 aliphatic heterocycles. The highest BCUT2D eigenvalue weighted by atomic mass is 32.1. The highest BCUT2D eigenvalue weighted by molar-refractivity contribution is 7.07. The molecule has 4 atom stereocenters. The van der Waals surface area contributed by atoms with Crippen LogP contribution in [0.3, 0.4) is 0 Å². The molecule has 4 nitrogen and oxygen atoms in total. The monoisotopic (exact) mass is 294 g/mol. The first kappa shape index (κ1) is 14.0. The molecule has 20 heavy (non-hydrogen) atoms. The molecule has 0 bridgehead atoms.